The lowest BCUT2D eigenvalue weighted by Gasteiger charge is -2.15. The van der Waals surface area contributed by atoms with Crippen molar-refractivity contribution in [3.8, 4) is 0 Å². The van der Waals surface area contributed by atoms with Crippen LogP contribution in [0.3, 0.4) is 0 Å². The van der Waals surface area contributed by atoms with Crippen LogP contribution in [0.5, 0.6) is 0 Å². The summed E-state index contributed by atoms with van der Waals surface area (Å²) >= 11 is 0. The third kappa shape index (κ3) is 2.26. The second-order valence-corrected chi connectivity index (χ2v) is 4.34. The number of hydrogen-bond donors (Lipinski definition) is 1. The first kappa shape index (κ1) is 11.9. The number of benzene rings is 1. The highest BCUT2D eigenvalue weighted by atomic mass is 16.5. The van der Waals surface area contributed by atoms with Crippen LogP contribution in [0.4, 0.5) is 5.95 Å². The van der Waals surface area contributed by atoms with E-state index < -0.39 is 0 Å². The number of ether oxygens (including phenoxy) is 1. The van der Waals surface area contributed by atoms with Crippen molar-refractivity contribution in [2.45, 2.75) is 26.8 Å². The summed E-state index contributed by atoms with van der Waals surface area (Å²) in [6, 6.07) is 6.36. The second-order valence-electron chi connectivity index (χ2n) is 4.34. The van der Waals surface area contributed by atoms with Crippen molar-refractivity contribution in [2.75, 3.05) is 18.9 Å². The van der Waals surface area contributed by atoms with Crippen LogP contribution in [0.25, 0.3) is 11.0 Å². The highest BCUT2D eigenvalue weighted by Crippen LogP contribution is 2.23. The first-order valence-corrected chi connectivity index (χ1v) is 5.95. The Labute approximate surface area is 101 Å². The van der Waals surface area contributed by atoms with Crippen LogP contribution in [-0.2, 0) is 4.74 Å². The number of hydrogen-bond acceptors (Lipinski definition) is 3. The van der Waals surface area contributed by atoms with E-state index in [1.54, 1.807) is 0 Å². The summed E-state index contributed by atoms with van der Waals surface area (Å²) in [5.41, 5.74) is 9.20. The molecule has 0 saturated carbocycles. The first-order valence-electron chi connectivity index (χ1n) is 5.95. The Bertz CT molecular complexity index is 519. The van der Waals surface area contributed by atoms with Crippen molar-refractivity contribution in [1.82, 2.24) is 9.55 Å². The topological polar surface area (TPSA) is 53.1 Å². The maximum atomic E-state index is 5.97. The van der Waals surface area contributed by atoms with E-state index in [1.807, 2.05) is 23.6 Å². The summed E-state index contributed by atoms with van der Waals surface area (Å²) in [5.74, 6) is 0.554. The molecule has 17 heavy (non-hydrogen) atoms. The van der Waals surface area contributed by atoms with Crippen molar-refractivity contribution < 1.29 is 4.74 Å². The summed E-state index contributed by atoms with van der Waals surface area (Å²) in [6.07, 6.45) is 0. The quantitative estimate of drug-likeness (QED) is 0.882. The fraction of sp³-hybridized carbons (Fsp3) is 0.462. The molecule has 4 nitrogen and oxygen atoms in total. The summed E-state index contributed by atoms with van der Waals surface area (Å²) in [6.45, 7) is 7.53. The average molecular weight is 233 g/mol. The van der Waals surface area contributed by atoms with Gasteiger partial charge in [-0.1, -0.05) is 6.07 Å². The van der Waals surface area contributed by atoms with Crippen molar-refractivity contribution in [2.24, 2.45) is 0 Å². The fourth-order valence-electron chi connectivity index (χ4n) is 2.05. The number of aromatic nitrogens is 2. The Balaban J connectivity index is 2.44. The summed E-state index contributed by atoms with van der Waals surface area (Å²) < 4.78 is 7.49. The van der Waals surface area contributed by atoms with E-state index in [-0.39, 0.29) is 6.04 Å². The van der Waals surface area contributed by atoms with Crippen LogP contribution in [-0.4, -0.2) is 22.8 Å². The molecule has 1 atom stereocenters. The van der Waals surface area contributed by atoms with Crippen molar-refractivity contribution in [1.29, 1.82) is 0 Å². The number of imidazole rings is 1. The van der Waals surface area contributed by atoms with E-state index in [1.165, 1.54) is 5.56 Å². The third-order valence-corrected chi connectivity index (χ3v) is 2.88. The van der Waals surface area contributed by atoms with Gasteiger partial charge in [-0.05, 0) is 38.5 Å². The maximum Gasteiger partial charge on any atom is 0.201 e. The smallest absolute Gasteiger partial charge is 0.201 e. The molecule has 1 aromatic heterocycles. The van der Waals surface area contributed by atoms with Gasteiger partial charge in [0.05, 0.1) is 23.7 Å². The number of nitrogens with zero attached hydrogens (tertiary/aromatic N) is 2. The van der Waals surface area contributed by atoms with Crippen LogP contribution < -0.4 is 5.73 Å². The van der Waals surface area contributed by atoms with E-state index in [0.717, 1.165) is 17.6 Å². The van der Waals surface area contributed by atoms with Gasteiger partial charge in [-0.3, -0.25) is 0 Å². The van der Waals surface area contributed by atoms with Crippen LogP contribution in [0, 0.1) is 6.92 Å². The monoisotopic (exact) mass is 233 g/mol. The Hall–Kier alpha value is -1.55. The van der Waals surface area contributed by atoms with Crippen molar-refractivity contribution >= 4 is 17.0 Å². The van der Waals surface area contributed by atoms with E-state index >= 15 is 0 Å². The molecule has 2 aromatic rings. The van der Waals surface area contributed by atoms with Crippen molar-refractivity contribution in [3.63, 3.8) is 0 Å². The molecular formula is C13H19N3O. The van der Waals surface area contributed by atoms with E-state index in [0.29, 0.717) is 12.6 Å². The lowest BCUT2D eigenvalue weighted by atomic mass is 10.2. The third-order valence-electron chi connectivity index (χ3n) is 2.88. The minimum atomic E-state index is 0.196. The molecule has 0 spiro atoms. The van der Waals surface area contributed by atoms with Crippen LogP contribution in [0.1, 0.15) is 25.5 Å². The van der Waals surface area contributed by atoms with Gasteiger partial charge in [0.25, 0.3) is 0 Å². The zero-order chi connectivity index (χ0) is 12.4. The zero-order valence-corrected chi connectivity index (χ0v) is 10.6. The zero-order valence-electron chi connectivity index (χ0n) is 10.6. The number of aryl methyl sites for hydroxylation is 1. The molecule has 0 aliphatic rings. The SMILES string of the molecule is CCOCC(C)n1c(N)nc2ccc(C)cc21. The standard InChI is InChI=1S/C13H19N3O/c1-4-17-8-10(3)16-12-7-9(2)5-6-11(12)15-13(16)14/h5-7,10H,4,8H2,1-3H3,(H2,14,15). The molecule has 0 bridgehead atoms. The number of nitrogen functional groups attached to an aromatic ring is 1. The highest BCUT2D eigenvalue weighted by molar-refractivity contribution is 5.79. The normalized spacial score (nSPS) is 13.1. The largest absolute Gasteiger partial charge is 0.380 e. The molecule has 2 rings (SSSR count). The molecule has 1 aromatic carbocycles. The Kier molecular flexibility index (Phi) is 3.33. The Morgan fingerprint density at radius 1 is 1.47 bits per heavy atom. The van der Waals surface area contributed by atoms with E-state index in [2.05, 4.69) is 24.9 Å². The number of anilines is 1. The summed E-state index contributed by atoms with van der Waals surface area (Å²) in [5, 5.41) is 0. The minimum absolute atomic E-state index is 0.196. The molecule has 4 heteroatoms. The van der Waals surface area contributed by atoms with Gasteiger partial charge >= 0.3 is 0 Å². The molecule has 0 aliphatic carbocycles. The molecule has 1 heterocycles. The molecule has 1 unspecified atom stereocenters. The molecule has 0 radical (unpaired) electrons. The van der Waals surface area contributed by atoms with E-state index in [4.69, 9.17) is 10.5 Å². The molecule has 0 aliphatic heterocycles. The highest BCUT2D eigenvalue weighted by Gasteiger charge is 2.13. The van der Waals surface area contributed by atoms with E-state index in [9.17, 15) is 0 Å². The van der Waals surface area contributed by atoms with Gasteiger partial charge in [0.1, 0.15) is 0 Å². The van der Waals surface area contributed by atoms with Gasteiger partial charge in [-0.15, -0.1) is 0 Å². The molecule has 2 N–H and O–H groups in total. The van der Waals surface area contributed by atoms with Gasteiger partial charge in [-0.2, -0.15) is 0 Å². The number of nitrogens with two attached hydrogens (primary N) is 1. The molecule has 92 valence electrons. The van der Waals surface area contributed by atoms with Crippen LogP contribution in [0.2, 0.25) is 0 Å². The lowest BCUT2D eigenvalue weighted by molar-refractivity contribution is 0.120. The van der Waals surface area contributed by atoms with Crippen LogP contribution in [0.15, 0.2) is 18.2 Å². The van der Waals surface area contributed by atoms with Gasteiger partial charge in [-0.25, -0.2) is 4.98 Å². The van der Waals surface area contributed by atoms with Crippen LogP contribution >= 0.6 is 0 Å². The molecular weight excluding hydrogens is 214 g/mol. The molecule has 0 amide bonds. The van der Waals surface area contributed by atoms with Gasteiger partial charge in [0.15, 0.2) is 0 Å². The number of rotatable bonds is 4. The minimum Gasteiger partial charge on any atom is -0.380 e. The van der Waals surface area contributed by atoms with Gasteiger partial charge in [0, 0.05) is 6.61 Å². The Morgan fingerprint density at radius 2 is 2.24 bits per heavy atom. The predicted octanol–water partition coefficient (Wildman–Crippen LogP) is 2.52. The summed E-state index contributed by atoms with van der Waals surface area (Å²) in [7, 11) is 0. The first-order chi connectivity index (χ1) is 8.13. The maximum absolute atomic E-state index is 5.97. The Morgan fingerprint density at radius 3 is 2.94 bits per heavy atom. The van der Waals surface area contributed by atoms with Gasteiger partial charge in [0.2, 0.25) is 5.95 Å². The van der Waals surface area contributed by atoms with Gasteiger partial charge < -0.3 is 15.0 Å². The fourth-order valence-corrected chi connectivity index (χ4v) is 2.05. The summed E-state index contributed by atoms with van der Waals surface area (Å²) in [4.78, 5) is 4.37. The number of fused-ring (bicyclic) bond motifs is 1. The molecule has 0 fully saturated rings. The molecule has 0 saturated heterocycles. The lowest BCUT2D eigenvalue weighted by Crippen LogP contribution is -2.14. The predicted molar refractivity (Wildman–Crippen MR) is 70.1 cm³/mol. The average Bonchev–Trinajstić information content (AvgIpc) is 2.61. The van der Waals surface area contributed by atoms with Crippen molar-refractivity contribution in [3.05, 3.63) is 23.8 Å². The second kappa shape index (κ2) is 4.75.